The minimum Gasteiger partial charge on any atom is -0.384 e. The van der Waals surface area contributed by atoms with E-state index in [0.717, 1.165) is 22.4 Å². The van der Waals surface area contributed by atoms with E-state index in [1.54, 1.807) is 18.2 Å². The molecule has 1 unspecified atom stereocenters. The fourth-order valence-electron chi connectivity index (χ4n) is 4.38. The van der Waals surface area contributed by atoms with E-state index in [-0.39, 0.29) is 0 Å². The van der Waals surface area contributed by atoms with Gasteiger partial charge in [0.15, 0.2) is 0 Å². The number of pyridine rings is 1. The van der Waals surface area contributed by atoms with E-state index < -0.39 is 11.5 Å². The monoisotopic (exact) mass is 524 g/mol. The van der Waals surface area contributed by atoms with Crippen molar-refractivity contribution in [2.24, 2.45) is 0 Å². The maximum absolute atomic E-state index is 12.5. The van der Waals surface area contributed by atoms with Gasteiger partial charge in [0.05, 0.1) is 11.6 Å². The Hall–Kier alpha value is -2.40. The van der Waals surface area contributed by atoms with Gasteiger partial charge in [0.2, 0.25) is 0 Å². The molecular formula is C29H27Cl3N2O. The van der Waals surface area contributed by atoms with Gasteiger partial charge in [0, 0.05) is 33.4 Å². The molecule has 35 heavy (non-hydrogen) atoms. The molecule has 4 rings (SSSR count). The molecule has 0 bridgehead atoms. The predicted octanol–water partition coefficient (Wildman–Crippen LogP) is 7.68. The lowest BCUT2D eigenvalue weighted by Gasteiger charge is -2.38. The summed E-state index contributed by atoms with van der Waals surface area (Å²) >= 11 is 18.8. The van der Waals surface area contributed by atoms with Crippen LogP contribution in [-0.4, -0.2) is 35.6 Å². The molecule has 6 heteroatoms. The molecule has 0 radical (unpaired) electrons. The Morgan fingerprint density at radius 2 is 1.43 bits per heavy atom. The Labute approximate surface area is 221 Å². The first kappa shape index (κ1) is 25.7. The van der Waals surface area contributed by atoms with E-state index in [1.165, 1.54) is 0 Å². The molecule has 1 N–H and O–H groups in total. The van der Waals surface area contributed by atoms with Crippen LogP contribution in [0.1, 0.15) is 29.2 Å². The smallest absolute Gasteiger partial charge is 0.103 e. The van der Waals surface area contributed by atoms with Crippen molar-refractivity contribution in [1.82, 2.24) is 9.88 Å². The van der Waals surface area contributed by atoms with Gasteiger partial charge in [0.25, 0.3) is 0 Å². The van der Waals surface area contributed by atoms with Crippen LogP contribution in [-0.2, 0) is 5.60 Å². The van der Waals surface area contributed by atoms with Crippen LogP contribution in [0.5, 0.6) is 0 Å². The first-order valence-electron chi connectivity index (χ1n) is 11.4. The molecule has 0 saturated heterocycles. The van der Waals surface area contributed by atoms with E-state index in [2.05, 4.69) is 4.90 Å². The first-order chi connectivity index (χ1) is 16.8. The highest BCUT2D eigenvalue weighted by Gasteiger charge is 2.41. The van der Waals surface area contributed by atoms with Crippen LogP contribution in [0, 0.1) is 0 Å². The molecule has 0 aliphatic heterocycles. The second-order valence-electron chi connectivity index (χ2n) is 8.96. The molecule has 1 heterocycles. The van der Waals surface area contributed by atoms with Crippen LogP contribution in [0.2, 0.25) is 15.1 Å². The SMILES string of the molecule is CN(C)CCC(O)(c1cc(Cl)cc(Cl)c1)[C@H](c1ccccc1)c1ccc(-c2ccc(Cl)cc2)cn1. The minimum absolute atomic E-state index is 0.447. The molecule has 180 valence electrons. The zero-order valence-electron chi connectivity index (χ0n) is 19.6. The normalized spacial score (nSPS) is 14.0. The summed E-state index contributed by atoms with van der Waals surface area (Å²) in [6.45, 7) is 0.660. The maximum atomic E-state index is 12.5. The second-order valence-corrected chi connectivity index (χ2v) is 10.3. The highest BCUT2D eigenvalue weighted by Crippen LogP contribution is 2.45. The summed E-state index contributed by atoms with van der Waals surface area (Å²) in [6.07, 6.45) is 2.29. The minimum atomic E-state index is -1.31. The van der Waals surface area contributed by atoms with Crippen molar-refractivity contribution < 1.29 is 5.11 Å². The third-order valence-electron chi connectivity index (χ3n) is 6.17. The van der Waals surface area contributed by atoms with Crippen LogP contribution >= 0.6 is 34.8 Å². The summed E-state index contributed by atoms with van der Waals surface area (Å²) in [4.78, 5) is 6.90. The Morgan fingerprint density at radius 3 is 2.00 bits per heavy atom. The Morgan fingerprint density at radius 1 is 0.800 bits per heavy atom. The van der Waals surface area contributed by atoms with Gasteiger partial charge in [-0.1, -0.05) is 83.3 Å². The number of benzene rings is 3. The van der Waals surface area contributed by atoms with Gasteiger partial charge in [-0.3, -0.25) is 4.98 Å². The zero-order chi connectivity index (χ0) is 25.0. The molecule has 0 spiro atoms. The van der Waals surface area contributed by atoms with Crippen molar-refractivity contribution in [2.45, 2.75) is 17.9 Å². The van der Waals surface area contributed by atoms with Crippen molar-refractivity contribution in [3.8, 4) is 11.1 Å². The quantitative estimate of drug-likeness (QED) is 0.256. The topological polar surface area (TPSA) is 36.4 Å². The summed E-state index contributed by atoms with van der Waals surface area (Å²) in [5, 5.41) is 14.1. The molecule has 1 aromatic heterocycles. The van der Waals surface area contributed by atoms with Gasteiger partial charge >= 0.3 is 0 Å². The molecule has 0 amide bonds. The van der Waals surface area contributed by atoms with Gasteiger partial charge in [-0.2, -0.15) is 0 Å². The van der Waals surface area contributed by atoms with Crippen molar-refractivity contribution >= 4 is 34.8 Å². The van der Waals surface area contributed by atoms with Gasteiger partial charge < -0.3 is 10.0 Å². The van der Waals surface area contributed by atoms with Gasteiger partial charge in [-0.05, 0) is 73.6 Å². The standard InChI is InChI=1S/C29H27Cl3N2O/c1-34(2)15-14-29(35,23-16-25(31)18-26(32)17-23)28(21-6-4-3-5-7-21)27-13-10-22(19-33-27)20-8-11-24(30)12-9-20/h3-13,16-19,28,35H,14-15H2,1-2H3/t28-,29?/m1/s1. The Bertz CT molecular complexity index is 1240. The Kier molecular flexibility index (Phi) is 8.16. The van der Waals surface area contributed by atoms with Crippen LogP contribution in [0.4, 0.5) is 0 Å². The Balaban J connectivity index is 1.85. The fraction of sp³-hybridized carbons (Fsp3) is 0.207. The third kappa shape index (κ3) is 6.06. The molecule has 0 aliphatic rings. The van der Waals surface area contributed by atoms with Crippen molar-refractivity contribution in [1.29, 1.82) is 0 Å². The van der Waals surface area contributed by atoms with Gasteiger partial charge in [-0.15, -0.1) is 0 Å². The molecular weight excluding hydrogens is 499 g/mol. The number of hydrogen-bond acceptors (Lipinski definition) is 3. The molecule has 3 nitrogen and oxygen atoms in total. The number of aliphatic hydroxyl groups is 1. The average Bonchev–Trinajstić information content (AvgIpc) is 2.84. The fourth-order valence-corrected chi connectivity index (χ4v) is 5.03. The van der Waals surface area contributed by atoms with E-state index in [1.807, 2.05) is 87.0 Å². The van der Waals surface area contributed by atoms with E-state index in [9.17, 15) is 5.11 Å². The lowest BCUT2D eigenvalue weighted by Crippen LogP contribution is -2.38. The molecule has 2 atom stereocenters. The first-order valence-corrected chi connectivity index (χ1v) is 12.5. The van der Waals surface area contributed by atoms with Crippen LogP contribution in [0.15, 0.2) is 91.1 Å². The predicted molar refractivity (Wildman–Crippen MR) is 146 cm³/mol. The molecule has 0 saturated carbocycles. The lowest BCUT2D eigenvalue weighted by atomic mass is 9.73. The lowest BCUT2D eigenvalue weighted by molar-refractivity contribution is 0.00341. The summed E-state index contributed by atoms with van der Waals surface area (Å²) < 4.78 is 0. The summed E-state index contributed by atoms with van der Waals surface area (Å²) in [7, 11) is 3.98. The third-order valence-corrected chi connectivity index (χ3v) is 6.86. The summed E-state index contributed by atoms with van der Waals surface area (Å²) in [5.41, 5.74) is 3.06. The van der Waals surface area contributed by atoms with Crippen molar-refractivity contribution in [3.63, 3.8) is 0 Å². The summed E-state index contributed by atoms with van der Waals surface area (Å²) in [6, 6.07) is 26.9. The number of hydrogen-bond donors (Lipinski definition) is 1. The van der Waals surface area contributed by atoms with Crippen molar-refractivity contribution in [2.75, 3.05) is 20.6 Å². The second kappa shape index (κ2) is 11.1. The maximum Gasteiger partial charge on any atom is 0.103 e. The molecule has 3 aromatic carbocycles. The highest BCUT2D eigenvalue weighted by molar-refractivity contribution is 6.34. The van der Waals surface area contributed by atoms with E-state index >= 15 is 0 Å². The average molecular weight is 526 g/mol. The zero-order valence-corrected chi connectivity index (χ0v) is 21.9. The number of aromatic nitrogens is 1. The summed E-state index contributed by atoms with van der Waals surface area (Å²) in [5.74, 6) is -0.447. The van der Waals surface area contributed by atoms with Crippen LogP contribution in [0.25, 0.3) is 11.1 Å². The van der Waals surface area contributed by atoms with Gasteiger partial charge in [0.1, 0.15) is 5.60 Å². The van der Waals surface area contributed by atoms with Gasteiger partial charge in [-0.25, -0.2) is 0 Å². The van der Waals surface area contributed by atoms with Crippen molar-refractivity contribution in [3.05, 3.63) is 123 Å². The number of rotatable bonds is 8. The number of halogens is 3. The van der Waals surface area contributed by atoms with E-state index in [4.69, 9.17) is 39.8 Å². The number of nitrogens with zero attached hydrogens (tertiary/aromatic N) is 2. The largest absolute Gasteiger partial charge is 0.384 e. The molecule has 0 aliphatic carbocycles. The highest BCUT2D eigenvalue weighted by atomic mass is 35.5. The molecule has 0 fully saturated rings. The van der Waals surface area contributed by atoms with Crippen LogP contribution in [0.3, 0.4) is 0 Å². The molecule has 4 aromatic rings. The van der Waals surface area contributed by atoms with E-state index in [0.29, 0.717) is 33.6 Å². The van der Waals surface area contributed by atoms with Crippen LogP contribution < -0.4 is 0 Å².